The second-order valence-corrected chi connectivity index (χ2v) is 11.4. The predicted octanol–water partition coefficient (Wildman–Crippen LogP) is 8.25. The molecule has 3 aromatic carbocycles. The summed E-state index contributed by atoms with van der Waals surface area (Å²) in [5.74, 6) is 1.43. The van der Waals surface area contributed by atoms with Gasteiger partial charge in [-0.05, 0) is 58.6 Å². The van der Waals surface area contributed by atoms with E-state index < -0.39 is 0 Å². The van der Waals surface area contributed by atoms with Gasteiger partial charge < -0.3 is 4.74 Å². The molecule has 0 N–H and O–H groups in total. The van der Waals surface area contributed by atoms with Crippen molar-refractivity contribution in [2.75, 3.05) is 0 Å². The van der Waals surface area contributed by atoms with Gasteiger partial charge in [-0.25, -0.2) is 4.99 Å². The van der Waals surface area contributed by atoms with E-state index in [-0.39, 0.29) is 5.41 Å². The normalized spacial score (nSPS) is 15.8. The number of nitriles is 1. The van der Waals surface area contributed by atoms with Gasteiger partial charge in [0, 0.05) is 16.7 Å². The zero-order valence-corrected chi connectivity index (χ0v) is 21.4. The zero-order valence-electron chi connectivity index (χ0n) is 20.5. The number of benzene rings is 3. The van der Waals surface area contributed by atoms with Crippen molar-refractivity contribution in [3.05, 3.63) is 93.9 Å². The lowest BCUT2D eigenvalue weighted by Gasteiger charge is -2.33. The Morgan fingerprint density at radius 3 is 2.60 bits per heavy atom. The van der Waals surface area contributed by atoms with E-state index in [2.05, 4.69) is 57.2 Å². The lowest BCUT2D eigenvalue weighted by molar-refractivity contribution is 0.218. The maximum Gasteiger partial charge on any atom is 0.134 e. The van der Waals surface area contributed by atoms with E-state index in [0.29, 0.717) is 12.5 Å². The van der Waals surface area contributed by atoms with Crippen LogP contribution in [0.1, 0.15) is 54.3 Å². The highest BCUT2D eigenvalue weighted by atomic mass is 32.1. The summed E-state index contributed by atoms with van der Waals surface area (Å²) in [5, 5.41) is 13.0. The Morgan fingerprint density at radius 2 is 1.83 bits per heavy atom. The number of thiophene rings is 1. The Morgan fingerprint density at radius 1 is 1.06 bits per heavy atom. The minimum Gasteiger partial charge on any atom is -0.488 e. The number of ether oxygens (including phenoxy) is 1. The molecular formula is C31H30N2OS. The molecule has 0 saturated heterocycles. The first-order valence-electron chi connectivity index (χ1n) is 12.2. The molecule has 176 valence electrons. The second-order valence-electron chi connectivity index (χ2n) is 10.3. The van der Waals surface area contributed by atoms with Crippen molar-refractivity contribution in [2.45, 2.75) is 46.6 Å². The summed E-state index contributed by atoms with van der Waals surface area (Å²) in [6.07, 6.45) is 5.02. The third-order valence-electron chi connectivity index (χ3n) is 7.06. The fraction of sp³-hybridized carbons (Fsp3) is 0.290. The smallest absolute Gasteiger partial charge is 0.134 e. The molecule has 3 nitrogen and oxygen atoms in total. The average molecular weight is 479 g/mol. The van der Waals surface area contributed by atoms with Gasteiger partial charge in [0.2, 0.25) is 0 Å². The highest BCUT2D eigenvalue weighted by Gasteiger charge is 2.32. The van der Waals surface area contributed by atoms with Crippen molar-refractivity contribution in [1.29, 1.82) is 5.26 Å². The van der Waals surface area contributed by atoms with Crippen LogP contribution >= 0.6 is 11.3 Å². The summed E-state index contributed by atoms with van der Waals surface area (Å²) in [4.78, 5) is 6.23. The molecule has 1 atom stereocenters. The summed E-state index contributed by atoms with van der Waals surface area (Å²) in [6, 6.07) is 25.0. The van der Waals surface area contributed by atoms with Gasteiger partial charge in [-0.15, -0.1) is 11.3 Å². The summed E-state index contributed by atoms with van der Waals surface area (Å²) in [7, 11) is 0. The first kappa shape index (κ1) is 23.3. The molecule has 4 heteroatoms. The van der Waals surface area contributed by atoms with Gasteiger partial charge in [0.1, 0.15) is 23.4 Å². The van der Waals surface area contributed by atoms with Crippen LogP contribution in [-0.4, -0.2) is 6.21 Å². The van der Waals surface area contributed by atoms with Crippen molar-refractivity contribution in [2.24, 2.45) is 16.3 Å². The van der Waals surface area contributed by atoms with Crippen molar-refractivity contribution in [3.63, 3.8) is 0 Å². The van der Waals surface area contributed by atoms with Crippen LogP contribution < -0.4 is 4.74 Å². The van der Waals surface area contributed by atoms with Crippen molar-refractivity contribution < 1.29 is 4.74 Å². The molecule has 4 aromatic rings. The largest absolute Gasteiger partial charge is 0.488 e. The van der Waals surface area contributed by atoms with Crippen molar-refractivity contribution >= 4 is 33.3 Å². The van der Waals surface area contributed by atoms with Gasteiger partial charge in [-0.3, -0.25) is 0 Å². The topological polar surface area (TPSA) is 45.4 Å². The van der Waals surface area contributed by atoms with Crippen LogP contribution in [0.3, 0.4) is 0 Å². The average Bonchev–Trinajstić information content (AvgIpc) is 3.23. The Balaban J connectivity index is 1.51. The fourth-order valence-electron chi connectivity index (χ4n) is 4.91. The van der Waals surface area contributed by atoms with Crippen LogP contribution in [-0.2, 0) is 19.4 Å². The van der Waals surface area contributed by atoms with Crippen LogP contribution in [0.5, 0.6) is 5.75 Å². The first-order chi connectivity index (χ1) is 16.9. The minimum atomic E-state index is 0.270. The molecule has 0 unspecified atom stereocenters. The van der Waals surface area contributed by atoms with Crippen LogP contribution in [0.15, 0.2) is 71.7 Å². The highest BCUT2D eigenvalue weighted by molar-refractivity contribution is 7.16. The number of aliphatic imine (C=N–C) groups is 1. The minimum absolute atomic E-state index is 0.270. The third-order valence-corrected chi connectivity index (χ3v) is 8.22. The summed E-state index contributed by atoms with van der Waals surface area (Å²) in [6.45, 7) is 7.44. The lowest BCUT2D eigenvalue weighted by Crippen LogP contribution is -2.26. The van der Waals surface area contributed by atoms with Crippen LogP contribution in [0, 0.1) is 22.7 Å². The van der Waals surface area contributed by atoms with Gasteiger partial charge in [-0.1, -0.05) is 81.4 Å². The van der Waals surface area contributed by atoms with E-state index >= 15 is 0 Å². The molecule has 35 heavy (non-hydrogen) atoms. The fourth-order valence-corrected chi connectivity index (χ4v) is 6.13. The van der Waals surface area contributed by atoms with Crippen LogP contribution in [0.25, 0.3) is 10.8 Å². The molecule has 5 rings (SSSR count). The SMILES string of the molecule is CC(C)(C)[C@H]1CCc2c(sc(N=Cc3c(OCc4ccccc4)ccc4ccccc34)c2C#N)C1. The quantitative estimate of drug-likeness (QED) is 0.271. The summed E-state index contributed by atoms with van der Waals surface area (Å²) < 4.78 is 6.26. The molecule has 0 radical (unpaired) electrons. The monoisotopic (exact) mass is 478 g/mol. The molecule has 0 spiro atoms. The van der Waals surface area contributed by atoms with Crippen molar-refractivity contribution in [1.82, 2.24) is 0 Å². The molecule has 1 heterocycles. The number of fused-ring (bicyclic) bond motifs is 2. The number of hydrogen-bond donors (Lipinski definition) is 0. The van der Waals surface area contributed by atoms with E-state index in [1.807, 2.05) is 42.6 Å². The standard InChI is InChI=1S/C31H30N2OS/c1-31(2,3)23-14-15-25-26(18-32)30(35-29(25)17-23)33-19-27-24-12-8-7-11-22(24)13-16-28(27)34-20-21-9-5-4-6-10-21/h4-13,16,19,23H,14-15,17,20H2,1-3H3/t23-/m0/s1. The van der Waals surface area contributed by atoms with Gasteiger partial charge in [0.25, 0.3) is 0 Å². The maximum absolute atomic E-state index is 9.98. The maximum atomic E-state index is 9.98. The Labute approximate surface area is 211 Å². The highest BCUT2D eigenvalue weighted by Crippen LogP contribution is 2.45. The van der Waals surface area contributed by atoms with Gasteiger partial charge >= 0.3 is 0 Å². The Hall–Kier alpha value is -3.42. The number of hydrogen-bond acceptors (Lipinski definition) is 4. The molecule has 1 aromatic heterocycles. The second kappa shape index (κ2) is 9.68. The van der Waals surface area contributed by atoms with Gasteiger partial charge in [-0.2, -0.15) is 5.26 Å². The molecule has 0 fully saturated rings. The number of rotatable bonds is 5. The molecule has 0 saturated carbocycles. The lowest BCUT2D eigenvalue weighted by atomic mass is 9.72. The van der Waals surface area contributed by atoms with Crippen LogP contribution in [0.2, 0.25) is 0 Å². The van der Waals surface area contributed by atoms with E-state index in [1.165, 1.54) is 10.4 Å². The summed E-state index contributed by atoms with van der Waals surface area (Å²) >= 11 is 1.69. The molecule has 0 bridgehead atoms. The Bertz CT molecular complexity index is 1420. The first-order valence-corrected chi connectivity index (χ1v) is 13.0. The van der Waals surface area contributed by atoms with Crippen LogP contribution in [0.4, 0.5) is 5.00 Å². The molecular weight excluding hydrogens is 448 g/mol. The van der Waals surface area contributed by atoms with E-state index in [4.69, 9.17) is 9.73 Å². The molecule has 1 aliphatic carbocycles. The Kier molecular flexibility index (Phi) is 6.45. The molecule has 0 aliphatic heterocycles. The third kappa shape index (κ3) is 4.88. The molecule has 0 amide bonds. The molecule has 1 aliphatic rings. The van der Waals surface area contributed by atoms with Crippen molar-refractivity contribution in [3.8, 4) is 11.8 Å². The number of nitrogens with zero attached hydrogens (tertiary/aromatic N) is 2. The van der Waals surface area contributed by atoms with E-state index in [0.717, 1.165) is 57.5 Å². The zero-order chi connectivity index (χ0) is 24.4. The van der Waals surface area contributed by atoms with E-state index in [1.54, 1.807) is 11.3 Å². The van der Waals surface area contributed by atoms with E-state index in [9.17, 15) is 5.26 Å². The summed E-state index contributed by atoms with van der Waals surface area (Å²) in [5.41, 5.74) is 4.30. The predicted molar refractivity (Wildman–Crippen MR) is 146 cm³/mol. The van der Waals surface area contributed by atoms with Gasteiger partial charge in [0.05, 0.1) is 5.56 Å². The van der Waals surface area contributed by atoms with Gasteiger partial charge in [0.15, 0.2) is 0 Å².